The van der Waals surface area contributed by atoms with Gasteiger partial charge in [-0.1, -0.05) is 36.4 Å². The van der Waals surface area contributed by atoms with Crippen LogP contribution in [-0.4, -0.2) is 12.6 Å². The van der Waals surface area contributed by atoms with Gasteiger partial charge in [0.05, 0.1) is 18.6 Å². The summed E-state index contributed by atoms with van der Waals surface area (Å²) in [5.74, 6) is -0.439. The van der Waals surface area contributed by atoms with E-state index in [1.54, 1.807) is 37.3 Å². The predicted octanol–water partition coefficient (Wildman–Crippen LogP) is 4.33. The number of ether oxygens (including phenoxy) is 1. The van der Waals surface area contributed by atoms with E-state index in [2.05, 4.69) is 0 Å². The first kappa shape index (κ1) is 18.0. The highest BCUT2D eigenvalue weighted by Crippen LogP contribution is 2.37. The Hall–Kier alpha value is -2.34. The molecule has 0 aliphatic carbocycles. The molecule has 24 heavy (non-hydrogen) atoms. The second kappa shape index (κ2) is 7.49. The molecule has 0 radical (unpaired) electrons. The minimum atomic E-state index is -4.44. The van der Waals surface area contributed by atoms with E-state index in [1.165, 1.54) is 12.1 Å². The van der Waals surface area contributed by atoms with E-state index in [0.29, 0.717) is 11.1 Å². The number of carbonyl (C=O) groups excluding carboxylic acids is 1. The first-order valence-corrected chi connectivity index (χ1v) is 7.50. The van der Waals surface area contributed by atoms with Crippen LogP contribution in [-0.2, 0) is 15.7 Å². The quantitative estimate of drug-likeness (QED) is 0.827. The highest BCUT2D eigenvalue weighted by atomic mass is 19.4. The molecule has 0 spiro atoms. The Morgan fingerprint density at radius 2 is 1.88 bits per heavy atom. The van der Waals surface area contributed by atoms with Gasteiger partial charge in [0.2, 0.25) is 0 Å². The lowest BCUT2D eigenvalue weighted by molar-refractivity contribution is -0.143. The standard InChI is InChI=1S/C18H18F3NO2/c1-2-24-17(23)11-16(22)13-7-5-6-12(10-13)14-8-3-4-9-15(14)18(19,20)21/h3-10,16H,2,11,22H2,1H3/t16-/m0/s1. The number of hydrogen-bond donors (Lipinski definition) is 1. The number of alkyl halides is 3. The Kier molecular flexibility index (Phi) is 5.62. The predicted molar refractivity (Wildman–Crippen MR) is 85.1 cm³/mol. The molecule has 0 bridgehead atoms. The lowest BCUT2D eigenvalue weighted by atomic mass is 9.95. The summed E-state index contributed by atoms with van der Waals surface area (Å²) < 4.78 is 44.3. The summed E-state index contributed by atoms with van der Waals surface area (Å²) in [4.78, 5) is 11.5. The Bertz CT molecular complexity index is 713. The van der Waals surface area contributed by atoms with Gasteiger partial charge in [-0.15, -0.1) is 0 Å². The largest absolute Gasteiger partial charge is 0.466 e. The van der Waals surface area contributed by atoms with Crippen LogP contribution in [0.3, 0.4) is 0 Å². The van der Waals surface area contributed by atoms with Gasteiger partial charge in [-0.2, -0.15) is 13.2 Å². The van der Waals surface area contributed by atoms with Gasteiger partial charge in [0, 0.05) is 6.04 Å². The fourth-order valence-electron chi connectivity index (χ4n) is 2.44. The van der Waals surface area contributed by atoms with Crippen molar-refractivity contribution in [2.24, 2.45) is 5.73 Å². The summed E-state index contributed by atoms with van der Waals surface area (Å²) in [5.41, 5.74) is 6.33. The van der Waals surface area contributed by atoms with Crippen molar-refractivity contribution >= 4 is 5.97 Å². The smallest absolute Gasteiger partial charge is 0.417 e. The zero-order valence-electron chi connectivity index (χ0n) is 13.1. The Labute approximate surface area is 138 Å². The molecule has 0 heterocycles. The van der Waals surface area contributed by atoms with Gasteiger partial charge in [-0.05, 0) is 35.7 Å². The molecule has 2 rings (SSSR count). The Balaban J connectivity index is 2.33. The van der Waals surface area contributed by atoms with Gasteiger partial charge in [0.25, 0.3) is 0 Å². The topological polar surface area (TPSA) is 52.3 Å². The molecule has 2 N–H and O–H groups in total. The van der Waals surface area contributed by atoms with E-state index in [-0.39, 0.29) is 18.6 Å². The molecule has 1 atom stereocenters. The van der Waals surface area contributed by atoms with Gasteiger partial charge in [-0.3, -0.25) is 4.79 Å². The van der Waals surface area contributed by atoms with Crippen molar-refractivity contribution in [1.82, 2.24) is 0 Å². The molecule has 0 saturated heterocycles. The summed E-state index contributed by atoms with van der Waals surface area (Å²) in [7, 11) is 0. The zero-order valence-corrected chi connectivity index (χ0v) is 13.1. The second-order valence-corrected chi connectivity index (χ2v) is 5.28. The number of carbonyl (C=O) groups is 1. The third kappa shape index (κ3) is 4.35. The fraction of sp³-hybridized carbons (Fsp3) is 0.278. The van der Waals surface area contributed by atoms with Gasteiger partial charge in [0.15, 0.2) is 0 Å². The van der Waals surface area contributed by atoms with Crippen LogP contribution >= 0.6 is 0 Å². The molecule has 0 aliphatic heterocycles. The fourth-order valence-corrected chi connectivity index (χ4v) is 2.44. The van der Waals surface area contributed by atoms with Crippen LogP contribution in [0.1, 0.15) is 30.5 Å². The molecule has 3 nitrogen and oxygen atoms in total. The van der Waals surface area contributed by atoms with Crippen LogP contribution in [0.25, 0.3) is 11.1 Å². The average molecular weight is 337 g/mol. The van der Waals surface area contributed by atoms with Crippen LogP contribution < -0.4 is 5.73 Å². The summed E-state index contributed by atoms with van der Waals surface area (Å²) in [6.45, 7) is 1.95. The molecule has 0 aliphatic rings. The lowest BCUT2D eigenvalue weighted by Crippen LogP contribution is -2.17. The third-order valence-electron chi connectivity index (χ3n) is 3.55. The summed E-state index contributed by atoms with van der Waals surface area (Å²) in [5, 5.41) is 0. The number of halogens is 3. The molecule has 6 heteroatoms. The maximum atomic E-state index is 13.2. The first-order valence-electron chi connectivity index (χ1n) is 7.50. The van der Waals surface area contributed by atoms with Gasteiger partial charge < -0.3 is 10.5 Å². The van der Waals surface area contributed by atoms with Gasteiger partial charge in [-0.25, -0.2) is 0 Å². The molecule has 128 valence electrons. The molecule has 2 aromatic rings. The minimum Gasteiger partial charge on any atom is -0.466 e. The second-order valence-electron chi connectivity index (χ2n) is 5.28. The molecular formula is C18H18F3NO2. The molecule has 0 saturated carbocycles. The molecule has 0 unspecified atom stereocenters. The van der Waals surface area contributed by atoms with Crippen molar-refractivity contribution in [3.63, 3.8) is 0 Å². The number of esters is 1. The summed E-state index contributed by atoms with van der Waals surface area (Å²) in [6, 6.07) is 11.2. The summed E-state index contributed by atoms with van der Waals surface area (Å²) >= 11 is 0. The molecule has 0 fully saturated rings. The number of hydrogen-bond acceptors (Lipinski definition) is 3. The van der Waals surface area contributed by atoms with Gasteiger partial charge in [0.1, 0.15) is 0 Å². The summed E-state index contributed by atoms with van der Waals surface area (Å²) in [6.07, 6.45) is -4.47. The van der Waals surface area contributed by atoms with Crippen LogP contribution in [0.2, 0.25) is 0 Å². The Morgan fingerprint density at radius 1 is 1.17 bits per heavy atom. The van der Waals surface area contributed by atoms with Crippen molar-refractivity contribution in [2.75, 3.05) is 6.61 Å². The SMILES string of the molecule is CCOC(=O)C[C@H](N)c1cccc(-c2ccccc2C(F)(F)F)c1. The van der Waals surface area contributed by atoms with E-state index in [4.69, 9.17) is 10.5 Å². The number of nitrogens with two attached hydrogens (primary N) is 1. The van der Waals surface area contributed by atoms with Crippen molar-refractivity contribution in [3.8, 4) is 11.1 Å². The van der Waals surface area contributed by atoms with E-state index in [1.807, 2.05) is 0 Å². The molecule has 2 aromatic carbocycles. The molecule has 0 amide bonds. The van der Waals surface area contributed by atoms with Crippen molar-refractivity contribution in [2.45, 2.75) is 25.6 Å². The van der Waals surface area contributed by atoms with E-state index >= 15 is 0 Å². The van der Waals surface area contributed by atoms with Gasteiger partial charge >= 0.3 is 12.1 Å². The monoisotopic (exact) mass is 337 g/mol. The lowest BCUT2D eigenvalue weighted by Gasteiger charge is -2.15. The van der Waals surface area contributed by atoms with Crippen LogP contribution in [0.5, 0.6) is 0 Å². The highest BCUT2D eigenvalue weighted by molar-refractivity contribution is 5.71. The van der Waals surface area contributed by atoms with Crippen molar-refractivity contribution < 1.29 is 22.7 Å². The van der Waals surface area contributed by atoms with E-state index < -0.39 is 23.8 Å². The average Bonchev–Trinajstić information content (AvgIpc) is 2.54. The first-order chi connectivity index (χ1) is 11.3. The minimum absolute atomic E-state index is 0.0296. The molecular weight excluding hydrogens is 319 g/mol. The van der Waals surface area contributed by atoms with Crippen molar-refractivity contribution in [3.05, 3.63) is 59.7 Å². The van der Waals surface area contributed by atoms with Crippen molar-refractivity contribution in [1.29, 1.82) is 0 Å². The van der Waals surface area contributed by atoms with Crippen LogP contribution in [0.4, 0.5) is 13.2 Å². The van der Waals surface area contributed by atoms with Crippen LogP contribution in [0.15, 0.2) is 48.5 Å². The number of benzene rings is 2. The zero-order chi connectivity index (χ0) is 17.7. The maximum absolute atomic E-state index is 13.2. The van der Waals surface area contributed by atoms with Crippen LogP contribution in [0, 0.1) is 0 Å². The molecule has 0 aromatic heterocycles. The third-order valence-corrected chi connectivity index (χ3v) is 3.55. The number of rotatable bonds is 5. The normalized spacial score (nSPS) is 12.7. The maximum Gasteiger partial charge on any atom is 0.417 e. The highest BCUT2D eigenvalue weighted by Gasteiger charge is 2.33. The van der Waals surface area contributed by atoms with E-state index in [9.17, 15) is 18.0 Å². The van der Waals surface area contributed by atoms with E-state index in [0.717, 1.165) is 6.07 Å². The Morgan fingerprint density at radius 3 is 2.54 bits per heavy atom.